The Bertz CT molecular complexity index is 925. The molecule has 24 heavy (non-hydrogen) atoms. The van der Waals surface area contributed by atoms with E-state index in [0.29, 0.717) is 5.69 Å². The molecule has 4 heteroatoms. The summed E-state index contributed by atoms with van der Waals surface area (Å²) >= 11 is 2.34. The summed E-state index contributed by atoms with van der Waals surface area (Å²) in [5.41, 5.74) is 6.32. The summed E-state index contributed by atoms with van der Waals surface area (Å²) < 4.78 is 16.7. The van der Waals surface area contributed by atoms with E-state index in [-0.39, 0.29) is 5.82 Å². The minimum atomic E-state index is -0.274. The second kappa shape index (κ2) is 6.89. The summed E-state index contributed by atoms with van der Waals surface area (Å²) in [6.45, 7) is 6.28. The first-order valence-corrected chi connectivity index (χ1v) is 8.78. The summed E-state index contributed by atoms with van der Waals surface area (Å²) in [7, 11) is 0. The third-order valence-electron chi connectivity index (χ3n) is 4.03. The van der Waals surface area contributed by atoms with Crippen LogP contribution in [0.15, 0.2) is 53.5 Å². The van der Waals surface area contributed by atoms with Crippen molar-refractivity contribution in [2.75, 3.05) is 0 Å². The number of hydrogen-bond donors (Lipinski definition) is 0. The van der Waals surface area contributed by atoms with E-state index in [2.05, 4.69) is 77.2 Å². The Hall–Kier alpha value is -1.95. The smallest absolute Gasteiger partial charge is 0.125 e. The van der Waals surface area contributed by atoms with Crippen LogP contribution in [0.1, 0.15) is 22.5 Å². The van der Waals surface area contributed by atoms with E-state index in [0.717, 1.165) is 22.6 Å². The number of halogens is 2. The zero-order chi connectivity index (χ0) is 17.3. The molecule has 2 aromatic carbocycles. The number of hydrogen-bond acceptors (Lipinski definition) is 1. The molecule has 2 nitrogen and oxygen atoms in total. The molecule has 0 unspecified atom stereocenters. The van der Waals surface area contributed by atoms with Crippen LogP contribution in [0.3, 0.4) is 0 Å². The van der Waals surface area contributed by atoms with Gasteiger partial charge < -0.3 is 4.57 Å². The highest BCUT2D eigenvalue weighted by atomic mass is 127. The first kappa shape index (κ1) is 16.9. The lowest BCUT2D eigenvalue weighted by atomic mass is 10.2. The van der Waals surface area contributed by atoms with Crippen LogP contribution in [0.2, 0.25) is 0 Å². The fourth-order valence-electron chi connectivity index (χ4n) is 2.78. The molecule has 0 atom stereocenters. The van der Waals surface area contributed by atoms with Gasteiger partial charge in [-0.3, -0.25) is 4.99 Å². The number of aromatic nitrogens is 1. The molecule has 0 amide bonds. The summed E-state index contributed by atoms with van der Waals surface area (Å²) in [5, 5.41) is 0. The summed E-state index contributed by atoms with van der Waals surface area (Å²) in [6, 6.07) is 14.9. The highest BCUT2D eigenvalue weighted by Gasteiger charge is 2.10. The van der Waals surface area contributed by atoms with E-state index in [1.807, 2.05) is 0 Å². The highest BCUT2D eigenvalue weighted by Crippen LogP contribution is 2.23. The Morgan fingerprint density at radius 2 is 1.83 bits per heavy atom. The van der Waals surface area contributed by atoms with Gasteiger partial charge in [0.1, 0.15) is 5.82 Å². The number of aryl methyl sites for hydroxylation is 2. The van der Waals surface area contributed by atoms with Gasteiger partial charge in [0, 0.05) is 32.4 Å². The average Bonchev–Trinajstić information content (AvgIpc) is 2.82. The van der Waals surface area contributed by atoms with Crippen molar-refractivity contribution in [3.05, 3.63) is 80.4 Å². The normalized spacial score (nSPS) is 11.4. The quantitative estimate of drug-likeness (QED) is 0.363. The molecule has 0 saturated carbocycles. The van der Waals surface area contributed by atoms with E-state index in [9.17, 15) is 4.39 Å². The summed E-state index contributed by atoms with van der Waals surface area (Å²) in [6.07, 6.45) is 1.80. The van der Waals surface area contributed by atoms with Crippen molar-refractivity contribution in [1.82, 2.24) is 4.57 Å². The lowest BCUT2D eigenvalue weighted by Crippen LogP contribution is -2.00. The van der Waals surface area contributed by atoms with Crippen molar-refractivity contribution in [2.45, 2.75) is 20.8 Å². The molecule has 0 spiro atoms. The maximum atomic E-state index is 13.3. The lowest BCUT2D eigenvalue weighted by Gasteiger charge is -2.11. The molecule has 0 radical (unpaired) electrons. The maximum Gasteiger partial charge on any atom is 0.125 e. The minimum Gasteiger partial charge on any atom is -0.318 e. The van der Waals surface area contributed by atoms with Crippen molar-refractivity contribution in [2.24, 2.45) is 4.99 Å². The predicted molar refractivity (Wildman–Crippen MR) is 106 cm³/mol. The second-order valence-corrected chi connectivity index (χ2v) is 7.00. The fraction of sp³-hybridized carbons (Fsp3) is 0.150. The number of rotatable bonds is 3. The average molecular weight is 432 g/mol. The summed E-state index contributed by atoms with van der Waals surface area (Å²) in [4.78, 5) is 4.40. The van der Waals surface area contributed by atoms with E-state index < -0.39 is 0 Å². The van der Waals surface area contributed by atoms with Crippen LogP contribution in [0, 0.1) is 30.2 Å². The molecule has 122 valence electrons. The van der Waals surface area contributed by atoms with Crippen LogP contribution in [0.4, 0.5) is 10.1 Å². The number of benzene rings is 2. The number of nitrogens with zero attached hydrogens (tertiary/aromatic N) is 2. The van der Waals surface area contributed by atoms with Crippen LogP contribution < -0.4 is 0 Å². The maximum absolute atomic E-state index is 13.3. The van der Waals surface area contributed by atoms with E-state index in [4.69, 9.17) is 0 Å². The third-order valence-corrected chi connectivity index (χ3v) is 5.24. The standard InChI is InChI=1S/C20H18FIN2/c1-13-9-19(7-8-20(13)22)24-14(2)10-16(15(24)3)12-23-18-6-4-5-17(21)11-18/h4-12H,1-3H3. The zero-order valence-corrected chi connectivity index (χ0v) is 16.0. The van der Waals surface area contributed by atoms with Gasteiger partial charge in [0.2, 0.25) is 0 Å². The molecule has 0 aliphatic carbocycles. The topological polar surface area (TPSA) is 17.3 Å². The molecular formula is C20H18FIN2. The van der Waals surface area contributed by atoms with Gasteiger partial charge in [-0.15, -0.1) is 0 Å². The largest absolute Gasteiger partial charge is 0.318 e. The molecule has 3 rings (SSSR count). The van der Waals surface area contributed by atoms with Gasteiger partial charge in [0.15, 0.2) is 0 Å². The van der Waals surface area contributed by atoms with E-state index in [1.165, 1.54) is 21.3 Å². The van der Waals surface area contributed by atoms with Gasteiger partial charge in [0.25, 0.3) is 0 Å². The van der Waals surface area contributed by atoms with Gasteiger partial charge >= 0.3 is 0 Å². The van der Waals surface area contributed by atoms with Crippen LogP contribution in [-0.2, 0) is 0 Å². The van der Waals surface area contributed by atoms with Crippen molar-refractivity contribution in [1.29, 1.82) is 0 Å². The van der Waals surface area contributed by atoms with Crippen molar-refractivity contribution >= 4 is 34.5 Å². The molecule has 0 aliphatic rings. The summed E-state index contributed by atoms with van der Waals surface area (Å²) in [5.74, 6) is -0.274. The molecule has 3 aromatic rings. The monoisotopic (exact) mass is 432 g/mol. The van der Waals surface area contributed by atoms with Gasteiger partial charge in [-0.1, -0.05) is 6.07 Å². The van der Waals surface area contributed by atoms with Crippen LogP contribution in [-0.4, -0.2) is 10.8 Å². The van der Waals surface area contributed by atoms with E-state index in [1.54, 1.807) is 18.3 Å². The van der Waals surface area contributed by atoms with Crippen molar-refractivity contribution in [3.8, 4) is 5.69 Å². The number of aliphatic imine (C=N–C) groups is 1. The van der Waals surface area contributed by atoms with Gasteiger partial charge in [-0.25, -0.2) is 4.39 Å². The predicted octanol–water partition coefficient (Wildman–Crippen LogP) is 5.90. The van der Waals surface area contributed by atoms with Crippen LogP contribution >= 0.6 is 22.6 Å². The molecule has 1 aromatic heterocycles. The highest BCUT2D eigenvalue weighted by molar-refractivity contribution is 14.1. The van der Waals surface area contributed by atoms with Crippen LogP contribution in [0.25, 0.3) is 5.69 Å². The van der Waals surface area contributed by atoms with Gasteiger partial charge in [-0.05, 0) is 91.4 Å². The Morgan fingerprint density at radius 3 is 2.54 bits per heavy atom. The minimum absolute atomic E-state index is 0.274. The SMILES string of the molecule is Cc1cc(-n2c(C)cc(C=Nc3cccc(F)c3)c2C)ccc1I. The van der Waals surface area contributed by atoms with Crippen molar-refractivity contribution in [3.63, 3.8) is 0 Å². The zero-order valence-electron chi connectivity index (χ0n) is 13.8. The molecule has 0 saturated heterocycles. The van der Waals surface area contributed by atoms with E-state index >= 15 is 0 Å². The van der Waals surface area contributed by atoms with Gasteiger partial charge in [-0.2, -0.15) is 0 Å². The molecule has 0 aliphatic heterocycles. The molecule has 0 fully saturated rings. The van der Waals surface area contributed by atoms with Crippen molar-refractivity contribution < 1.29 is 4.39 Å². The molecular weight excluding hydrogens is 414 g/mol. The van der Waals surface area contributed by atoms with Gasteiger partial charge in [0.05, 0.1) is 5.69 Å². The third kappa shape index (κ3) is 3.43. The Kier molecular flexibility index (Phi) is 4.85. The Balaban J connectivity index is 1.98. The first-order chi connectivity index (χ1) is 11.5. The Morgan fingerprint density at radius 1 is 1.04 bits per heavy atom. The Labute approximate surface area is 155 Å². The second-order valence-electron chi connectivity index (χ2n) is 5.83. The molecule has 1 heterocycles. The molecule has 0 N–H and O–H groups in total. The fourth-order valence-corrected chi connectivity index (χ4v) is 3.12. The van der Waals surface area contributed by atoms with Crippen LogP contribution in [0.5, 0.6) is 0 Å². The molecule has 0 bridgehead atoms. The first-order valence-electron chi connectivity index (χ1n) is 7.71. The lowest BCUT2D eigenvalue weighted by molar-refractivity contribution is 0.628.